The molecule has 1 saturated heterocycles. The smallest absolute Gasteiger partial charge is 0.391 e. The Morgan fingerprint density at radius 3 is 2.87 bits per heavy atom. The molecule has 1 N–H and O–H groups in total. The second-order valence-electron chi connectivity index (χ2n) is 4.98. The minimum Gasteiger partial charge on any atom is -0.391 e. The summed E-state index contributed by atoms with van der Waals surface area (Å²) in [4.78, 5) is 15.9. The Bertz CT molecular complexity index is 695. The molecule has 0 aromatic carbocycles. The van der Waals surface area contributed by atoms with Crippen molar-refractivity contribution in [1.82, 2.24) is 20.1 Å². The molecule has 1 amide bonds. The summed E-state index contributed by atoms with van der Waals surface area (Å²) in [6.07, 6.45) is 2.48. The van der Waals surface area contributed by atoms with Crippen LogP contribution in [0.3, 0.4) is 0 Å². The number of carbonyl (C=O) groups is 1. The van der Waals surface area contributed by atoms with E-state index in [1.54, 1.807) is 16.9 Å². The first-order valence-corrected chi connectivity index (χ1v) is 7.36. The van der Waals surface area contributed by atoms with Gasteiger partial charge in [0.25, 0.3) is 0 Å². The fourth-order valence-electron chi connectivity index (χ4n) is 2.29. The van der Waals surface area contributed by atoms with Gasteiger partial charge in [-0.3, -0.25) is 4.68 Å². The maximum atomic E-state index is 11.6. The number of pyridine rings is 1. The topological polar surface area (TPSA) is 87.5 Å². The zero-order valence-electron chi connectivity index (χ0n) is 13.0. The minimum atomic E-state index is -0.581. The normalized spacial score (nSPS) is 14.9. The molecule has 23 heavy (non-hydrogen) atoms. The van der Waals surface area contributed by atoms with E-state index >= 15 is 0 Å². The van der Waals surface area contributed by atoms with Crippen molar-refractivity contribution >= 4 is 6.09 Å². The molecule has 0 spiro atoms. The second kappa shape index (κ2) is 6.76. The van der Waals surface area contributed by atoms with E-state index in [4.69, 9.17) is 14.2 Å². The number of nitrogens with zero attached hydrogens (tertiary/aromatic N) is 3. The Morgan fingerprint density at radius 1 is 1.43 bits per heavy atom. The van der Waals surface area contributed by atoms with Crippen LogP contribution in [0.1, 0.15) is 18.9 Å². The van der Waals surface area contributed by atoms with Crippen molar-refractivity contribution in [2.75, 3.05) is 19.8 Å². The lowest BCUT2D eigenvalue weighted by atomic mass is 10.1. The van der Waals surface area contributed by atoms with Gasteiger partial charge in [0.1, 0.15) is 5.69 Å². The van der Waals surface area contributed by atoms with Crippen LogP contribution in [0, 0.1) is 0 Å². The number of carbonyl (C=O) groups excluding carboxylic acids is 1. The number of aromatic nitrogens is 3. The van der Waals surface area contributed by atoms with E-state index in [1.165, 1.54) is 0 Å². The number of hydrogen-bond donors (Lipinski definition) is 1. The van der Waals surface area contributed by atoms with Gasteiger partial charge in [0.05, 0.1) is 19.4 Å². The fraction of sp³-hybridized carbons (Fsp3) is 0.400. The van der Waals surface area contributed by atoms with Crippen molar-refractivity contribution < 1.29 is 19.0 Å². The molecule has 2 aromatic rings. The SMILES string of the molecule is CCNC(=O)Oc1ccc(-c2cnn(C)c2)c(C2OCCO2)n1. The first-order chi connectivity index (χ1) is 11.2. The summed E-state index contributed by atoms with van der Waals surface area (Å²) in [5, 5.41) is 6.72. The molecule has 0 atom stereocenters. The van der Waals surface area contributed by atoms with Crippen molar-refractivity contribution in [2.24, 2.45) is 7.05 Å². The summed E-state index contributed by atoms with van der Waals surface area (Å²) in [5.74, 6) is 0.192. The molecule has 122 valence electrons. The maximum Gasteiger partial charge on any atom is 0.413 e. The van der Waals surface area contributed by atoms with Gasteiger partial charge in [-0.15, -0.1) is 0 Å². The Kier molecular flexibility index (Phi) is 4.54. The zero-order valence-corrected chi connectivity index (χ0v) is 13.0. The summed E-state index contributed by atoms with van der Waals surface area (Å²) in [5.41, 5.74) is 2.28. The number of ether oxygens (including phenoxy) is 3. The molecular weight excluding hydrogens is 300 g/mol. The highest BCUT2D eigenvalue weighted by atomic mass is 16.7. The zero-order chi connectivity index (χ0) is 16.2. The van der Waals surface area contributed by atoms with Crippen LogP contribution >= 0.6 is 0 Å². The van der Waals surface area contributed by atoms with Gasteiger partial charge in [-0.2, -0.15) is 5.10 Å². The number of amides is 1. The molecular formula is C15H18N4O4. The molecule has 3 rings (SSSR count). The summed E-state index contributed by atoms with van der Waals surface area (Å²) in [6, 6.07) is 3.45. The third-order valence-corrected chi connectivity index (χ3v) is 3.28. The van der Waals surface area contributed by atoms with Crippen molar-refractivity contribution in [3.05, 3.63) is 30.2 Å². The van der Waals surface area contributed by atoms with E-state index < -0.39 is 12.4 Å². The first-order valence-electron chi connectivity index (χ1n) is 7.36. The molecule has 1 aliphatic heterocycles. The molecule has 1 aliphatic rings. The van der Waals surface area contributed by atoms with Crippen LogP contribution in [0.15, 0.2) is 24.5 Å². The molecule has 8 heteroatoms. The molecule has 0 unspecified atom stereocenters. The minimum absolute atomic E-state index is 0.192. The third-order valence-electron chi connectivity index (χ3n) is 3.28. The lowest BCUT2D eigenvalue weighted by molar-refractivity contribution is -0.0470. The quantitative estimate of drug-likeness (QED) is 0.922. The summed E-state index contributed by atoms with van der Waals surface area (Å²) in [6.45, 7) is 3.29. The van der Waals surface area contributed by atoms with Gasteiger partial charge in [-0.1, -0.05) is 0 Å². The average molecular weight is 318 g/mol. The highest BCUT2D eigenvalue weighted by molar-refractivity contribution is 5.70. The van der Waals surface area contributed by atoms with Gasteiger partial charge in [0.15, 0.2) is 0 Å². The standard InChI is InChI=1S/C15H18N4O4/c1-3-16-15(20)23-12-5-4-11(10-8-17-19(2)9-10)13(18-12)14-21-6-7-22-14/h4-5,8-9,14H,3,6-7H2,1-2H3,(H,16,20). The maximum absolute atomic E-state index is 11.6. The van der Waals surface area contributed by atoms with Crippen molar-refractivity contribution in [2.45, 2.75) is 13.2 Å². The van der Waals surface area contributed by atoms with Gasteiger partial charge in [-0.05, 0) is 13.0 Å². The molecule has 0 saturated carbocycles. The molecule has 0 radical (unpaired) electrons. The lowest BCUT2D eigenvalue weighted by Gasteiger charge is -2.14. The van der Waals surface area contributed by atoms with Crippen molar-refractivity contribution in [3.63, 3.8) is 0 Å². The molecule has 8 nitrogen and oxygen atoms in total. The number of nitrogens with one attached hydrogen (secondary N) is 1. The van der Waals surface area contributed by atoms with Crippen LogP contribution in [-0.4, -0.2) is 40.6 Å². The monoisotopic (exact) mass is 318 g/mol. The van der Waals surface area contributed by atoms with Crippen LogP contribution in [0.2, 0.25) is 0 Å². The van der Waals surface area contributed by atoms with Gasteiger partial charge >= 0.3 is 6.09 Å². The Hall–Kier alpha value is -2.45. The molecule has 2 aromatic heterocycles. The van der Waals surface area contributed by atoms with Gasteiger partial charge in [0, 0.05) is 37.0 Å². The van der Waals surface area contributed by atoms with E-state index in [0.29, 0.717) is 25.5 Å². The van der Waals surface area contributed by atoms with E-state index in [-0.39, 0.29) is 5.88 Å². The largest absolute Gasteiger partial charge is 0.413 e. The molecule has 1 fully saturated rings. The number of aryl methyl sites for hydroxylation is 1. The Labute approximate surface area is 133 Å². The molecule has 3 heterocycles. The summed E-state index contributed by atoms with van der Waals surface area (Å²) >= 11 is 0. The van der Waals surface area contributed by atoms with Crippen LogP contribution < -0.4 is 10.1 Å². The highest BCUT2D eigenvalue weighted by Gasteiger charge is 2.25. The Balaban J connectivity index is 1.94. The first kappa shape index (κ1) is 15.4. The molecule has 0 bridgehead atoms. The van der Waals surface area contributed by atoms with Crippen LogP contribution in [0.5, 0.6) is 5.88 Å². The van der Waals surface area contributed by atoms with Crippen LogP contribution in [0.25, 0.3) is 11.1 Å². The fourth-order valence-corrected chi connectivity index (χ4v) is 2.29. The van der Waals surface area contributed by atoms with Gasteiger partial charge < -0.3 is 19.5 Å². The molecule has 0 aliphatic carbocycles. The van der Waals surface area contributed by atoms with Crippen LogP contribution in [0.4, 0.5) is 4.79 Å². The average Bonchev–Trinajstić information content (AvgIpc) is 3.19. The summed E-state index contributed by atoms with van der Waals surface area (Å²) in [7, 11) is 1.84. The van der Waals surface area contributed by atoms with E-state index in [0.717, 1.165) is 11.1 Å². The van der Waals surface area contributed by atoms with Crippen molar-refractivity contribution in [3.8, 4) is 17.0 Å². The van der Waals surface area contributed by atoms with E-state index in [1.807, 2.05) is 26.2 Å². The number of hydrogen-bond acceptors (Lipinski definition) is 6. The summed E-state index contributed by atoms with van der Waals surface area (Å²) < 4.78 is 18.0. The third kappa shape index (κ3) is 3.49. The predicted octanol–water partition coefficient (Wildman–Crippen LogP) is 1.64. The van der Waals surface area contributed by atoms with E-state index in [2.05, 4.69) is 15.4 Å². The van der Waals surface area contributed by atoms with Crippen molar-refractivity contribution in [1.29, 1.82) is 0 Å². The van der Waals surface area contributed by atoms with E-state index in [9.17, 15) is 4.79 Å². The number of rotatable bonds is 4. The van der Waals surface area contributed by atoms with Gasteiger partial charge in [0.2, 0.25) is 12.2 Å². The Morgan fingerprint density at radius 2 is 2.22 bits per heavy atom. The highest BCUT2D eigenvalue weighted by Crippen LogP contribution is 2.32. The predicted molar refractivity (Wildman–Crippen MR) is 80.8 cm³/mol. The van der Waals surface area contributed by atoms with Crippen LogP contribution in [-0.2, 0) is 16.5 Å². The lowest BCUT2D eigenvalue weighted by Crippen LogP contribution is -2.26. The second-order valence-corrected chi connectivity index (χ2v) is 4.98. The van der Waals surface area contributed by atoms with Gasteiger partial charge in [-0.25, -0.2) is 9.78 Å².